The molecule has 1 aromatic carbocycles. The van der Waals surface area contributed by atoms with Crippen molar-refractivity contribution in [2.24, 2.45) is 0 Å². The highest BCUT2D eigenvalue weighted by Crippen LogP contribution is 2.27. The zero-order chi connectivity index (χ0) is 24.4. The lowest BCUT2D eigenvalue weighted by molar-refractivity contribution is -0.143. The molecule has 0 aliphatic carbocycles. The molecule has 0 bridgehead atoms. The third-order valence-corrected chi connectivity index (χ3v) is 6.29. The predicted molar refractivity (Wildman–Crippen MR) is 125 cm³/mol. The number of hydrogen-bond acceptors (Lipinski definition) is 5. The van der Waals surface area contributed by atoms with Crippen LogP contribution < -0.4 is 5.32 Å². The molecular formula is C25H25F3N6O. The van der Waals surface area contributed by atoms with Gasteiger partial charge in [-0.2, -0.15) is 23.4 Å². The second-order valence-electron chi connectivity index (χ2n) is 8.88. The lowest BCUT2D eigenvalue weighted by atomic mass is 10.0. The number of hydrogen-bond donors (Lipinski definition) is 1. The molecule has 3 aromatic heterocycles. The molecule has 4 aromatic rings. The molecule has 1 fully saturated rings. The van der Waals surface area contributed by atoms with E-state index in [4.69, 9.17) is 0 Å². The zero-order valence-electron chi connectivity index (χ0n) is 19.0. The Bertz CT molecular complexity index is 1340. The van der Waals surface area contributed by atoms with Crippen LogP contribution in [0.15, 0.2) is 55.1 Å². The third kappa shape index (κ3) is 5.43. The molecule has 0 radical (unpaired) electrons. The maximum absolute atomic E-state index is 12.4. The minimum absolute atomic E-state index is 0.0424. The van der Waals surface area contributed by atoms with Crippen LogP contribution in [0.1, 0.15) is 37.3 Å². The Hall–Kier alpha value is -3.53. The first-order chi connectivity index (χ1) is 16.9. The molecule has 7 nitrogen and oxygen atoms in total. The number of rotatable bonds is 7. The van der Waals surface area contributed by atoms with Crippen LogP contribution in [-0.4, -0.2) is 49.4 Å². The van der Waals surface area contributed by atoms with E-state index in [1.54, 1.807) is 35.1 Å². The first-order valence-corrected chi connectivity index (χ1v) is 11.6. The molecule has 4 heterocycles. The van der Waals surface area contributed by atoms with E-state index < -0.39 is 24.8 Å². The number of Topliss-reactive ketones (excluding diaryl/α,β-unsaturated/α-hetero) is 1. The van der Waals surface area contributed by atoms with Crippen molar-refractivity contribution in [1.82, 2.24) is 29.7 Å². The van der Waals surface area contributed by atoms with Crippen LogP contribution in [-0.2, 0) is 11.2 Å². The third-order valence-electron chi connectivity index (χ3n) is 6.29. The fourth-order valence-electron chi connectivity index (χ4n) is 4.43. The minimum atomic E-state index is -4.33. The van der Waals surface area contributed by atoms with E-state index >= 15 is 0 Å². The molecule has 1 aliphatic rings. The molecule has 182 valence electrons. The summed E-state index contributed by atoms with van der Waals surface area (Å²) in [5.74, 6) is -0.439. The fourth-order valence-corrected chi connectivity index (χ4v) is 4.43. The number of ketones is 1. The van der Waals surface area contributed by atoms with Gasteiger partial charge in [-0.05, 0) is 43.6 Å². The van der Waals surface area contributed by atoms with Crippen LogP contribution in [0.25, 0.3) is 28.0 Å². The molecule has 0 saturated carbocycles. The second-order valence-corrected chi connectivity index (χ2v) is 8.88. The average molecular weight is 483 g/mol. The normalized spacial score (nSPS) is 15.1. The molecule has 5 rings (SSSR count). The largest absolute Gasteiger partial charge is 0.389 e. The fraction of sp³-hybridized carbons (Fsp3) is 0.360. The molecule has 35 heavy (non-hydrogen) atoms. The lowest BCUT2D eigenvalue weighted by Crippen LogP contribution is -2.29. The van der Waals surface area contributed by atoms with Crippen molar-refractivity contribution in [3.8, 4) is 22.4 Å². The van der Waals surface area contributed by atoms with Crippen molar-refractivity contribution < 1.29 is 18.0 Å². The van der Waals surface area contributed by atoms with Gasteiger partial charge in [0.05, 0.1) is 36.7 Å². The molecule has 0 spiro atoms. The number of aromatic nitrogens is 5. The van der Waals surface area contributed by atoms with Gasteiger partial charge in [0.15, 0.2) is 5.65 Å². The lowest BCUT2D eigenvalue weighted by Gasteiger charge is -2.22. The minimum Gasteiger partial charge on any atom is -0.317 e. The monoisotopic (exact) mass is 482 g/mol. The van der Waals surface area contributed by atoms with Crippen LogP contribution in [0, 0.1) is 0 Å². The number of benzene rings is 1. The number of piperidine rings is 1. The van der Waals surface area contributed by atoms with Crippen LogP contribution in [0.5, 0.6) is 0 Å². The van der Waals surface area contributed by atoms with E-state index in [0.717, 1.165) is 48.3 Å². The number of carbonyl (C=O) groups is 1. The topological polar surface area (TPSA) is 77.1 Å². The standard InChI is InChI=1S/C25H25F3N6O/c26-25(27,28)7-4-22(35)11-17-2-1-3-18(10-17)23-15-30-24-12-19(13-32-34(23)24)20-14-31-33(16-20)21-5-8-29-9-6-21/h1-3,10,12-16,21,29H,4-9,11H2. The van der Waals surface area contributed by atoms with Gasteiger partial charge in [0, 0.05) is 35.7 Å². The van der Waals surface area contributed by atoms with Gasteiger partial charge >= 0.3 is 6.18 Å². The summed E-state index contributed by atoms with van der Waals surface area (Å²) in [5.41, 5.74) is 4.74. The highest BCUT2D eigenvalue weighted by atomic mass is 19.4. The summed E-state index contributed by atoms with van der Waals surface area (Å²) < 4.78 is 40.9. The van der Waals surface area contributed by atoms with E-state index in [0.29, 0.717) is 17.3 Å². The Labute approximate surface area is 200 Å². The van der Waals surface area contributed by atoms with Crippen LogP contribution >= 0.6 is 0 Å². The van der Waals surface area contributed by atoms with Gasteiger partial charge in [-0.1, -0.05) is 18.2 Å². The number of alkyl halides is 3. The van der Waals surface area contributed by atoms with Gasteiger partial charge in [-0.3, -0.25) is 9.48 Å². The highest BCUT2D eigenvalue weighted by molar-refractivity contribution is 5.81. The molecule has 1 N–H and O–H groups in total. The molecule has 0 amide bonds. The summed E-state index contributed by atoms with van der Waals surface area (Å²) in [6.07, 6.45) is 3.49. The summed E-state index contributed by atoms with van der Waals surface area (Å²) in [6.45, 7) is 1.99. The number of halogens is 3. The van der Waals surface area contributed by atoms with Crippen LogP contribution in [0.4, 0.5) is 13.2 Å². The van der Waals surface area contributed by atoms with Crippen molar-refractivity contribution in [1.29, 1.82) is 0 Å². The summed E-state index contributed by atoms with van der Waals surface area (Å²) in [5, 5.41) is 12.5. The van der Waals surface area contributed by atoms with Gasteiger partial charge in [0.1, 0.15) is 5.78 Å². The van der Waals surface area contributed by atoms with E-state index in [9.17, 15) is 18.0 Å². The summed E-state index contributed by atoms with van der Waals surface area (Å²) in [7, 11) is 0. The molecule has 1 saturated heterocycles. The van der Waals surface area contributed by atoms with Crippen molar-refractivity contribution >= 4 is 11.4 Å². The number of carbonyl (C=O) groups excluding carboxylic acids is 1. The quantitative estimate of drug-likeness (QED) is 0.415. The Morgan fingerprint density at radius 2 is 1.83 bits per heavy atom. The first kappa shape index (κ1) is 23.2. The number of nitrogens with one attached hydrogen (secondary N) is 1. The Balaban J connectivity index is 1.34. The number of fused-ring (bicyclic) bond motifs is 1. The van der Waals surface area contributed by atoms with E-state index in [1.165, 1.54) is 0 Å². The van der Waals surface area contributed by atoms with Gasteiger partial charge < -0.3 is 5.32 Å². The van der Waals surface area contributed by atoms with E-state index in [1.807, 2.05) is 29.2 Å². The van der Waals surface area contributed by atoms with Gasteiger partial charge in [-0.25, -0.2) is 9.50 Å². The number of nitrogens with zero attached hydrogens (tertiary/aromatic N) is 5. The Morgan fingerprint density at radius 3 is 2.63 bits per heavy atom. The van der Waals surface area contributed by atoms with E-state index in [2.05, 4.69) is 20.5 Å². The average Bonchev–Trinajstić information content (AvgIpc) is 3.50. The molecular weight excluding hydrogens is 457 g/mol. The molecule has 0 atom stereocenters. The molecule has 10 heteroatoms. The molecule has 1 aliphatic heterocycles. The van der Waals surface area contributed by atoms with Gasteiger partial charge in [0.25, 0.3) is 0 Å². The van der Waals surface area contributed by atoms with Gasteiger partial charge in [-0.15, -0.1) is 0 Å². The predicted octanol–water partition coefficient (Wildman–Crippen LogP) is 4.64. The van der Waals surface area contributed by atoms with Crippen molar-refractivity contribution in [2.45, 2.75) is 44.3 Å². The maximum Gasteiger partial charge on any atom is 0.389 e. The summed E-state index contributed by atoms with van der Waals surface area (Å²) in [6, 6.07) is 9.53. The number of imidazole rings is 1. The Kier molecular flexibility index (Phi) is 6.38. The SMILES string of the molecule is O=C(CCC(F)(F)F)Cc1cccc(-c2cnc3cc(-c4cnn(C5CCNCC5)c4)cnn23)c1. The van der Waals surface area contributed by atoms with E-state index in [-0.39, 0.29) is 6.42 Å². The maximum atomic E-state index is 12.4. The zero-order valence-corrected chi connectivity index (χ0v) is 19.0. The summed E-state index contributed by atoms with van der Waals surface area (Å²) in [4.78, 5) is 16.5. The van der Waals surface area contributed by atoms with Crippen LogP contribution in [0.3, 0.4) is 0 Å². The van der Waals surface area contributed by atoms with Crippen molar-refractivity contribution in [3.63, 3.8) is 0 Å². The highest BCUT2D eigenvalue weighted by Gasteiger charge is 2.27. The second kappa shape index (κ2) is 9.61. The van der Waals surface area contributed by atoms with Crippen molar-refractivity contribution in [2.75, 3.05) is 13.1 Å². The Morgan fingerprint density at radius 1 is 1.03 bits per heavy atom. The summed E-state index contributed by atoms with van der Waals surface area (Å²) >= 11 is 0. The van der Waals surface area contributed by atoms with Crippen LogP contribution in [0.2, 0.25) is 0 Å². The smallest absolute Gasteiger partial charge is 0.317 e. The first-order valence-electron chi connectivity index (χ1n) is 11.6. The van der Waals surface area contributed by atoms with Gasteiger partial charge in [0.2, 0.25) is 0 Å². The molecule has 0 unspecified atom stereocenters. The van der Waals surface area contributed by atoms with Crippen molar-refractivity contribution in [3.05, 3.63) is 60.7 Å².